The first kappa shape index (κ1) is 12.7. The Morgan fingerprint density at radius 2 is 2.41 bits per heavy atom. The lowest BCUT2D eigenvalue weighted by Crippen LogP contribution is -2.31. The van der Waals surface area contributed by atoms with Crippen molar-refractivity contribution in [2.75, 3.05) is 19.8 Å². The van der Waals surface area contributed by atoms with Gasteiger partial charge in [-0.3, -0.25) is 9.63 Å². The molecule has 0 unspecified atom stereocenters. The first-order chi connectivity index (χ1) is 8.16. The molecule has 0 radical (unpaired) electrons. The molecule has 0 spiro atoms. The number of hydrogen-bond acceptors (Lipinski definition) is 3. The maximum Gasteiger partial charge on any atom is 0.283 e. The fourth-order valence-electron chi connectivity index (χ4n) is 1.45. The highest BCUT2D eigenvalue weighted by Gasteiger charge is 2.19. The van der Waals surface area contributed by atoms with Crippen molar-refractivity contribution in [1.29, 1.82) is 0 Å². The summed E-state index contributed by atoms with van der Waals surface area (Å²) in [5.74, 6) is 0.295. The lowest BCUT2D eigenvalue weighted by Gasteiger charge is -2.14. The maximum atomic E-state index is 11.6. The molecule has 4 nitrogen and oxygen atoms in total. The molecule has 1 aliphatic rings. The van der Waals surface area contributed by atoms with Gasteiger partial charge in [-0.25, -0.2) is 5.06 Å². The Kier molecular flexibility index (Phi) is 4.25. The van der Waals surface area contributed by atoms with E-state index in [1.165, 1.54) is 5.06 Å². The summed E-state index contributed by atoms with van der Waals surface area (Å²) in [6, 6.07) is 5.23. The van der Waals surface area contributed by atoms with E-state index in [2.05, 4.69) is 15.9 Å². The Morgan fingerprint density at radius 1 is 1.59 bits per heavy atom. The molecule has 1 heterocycles. The van der Waals surface area contributed by atoms with Gasteiger partial charge in [0.2, 0.25) is 0 Å². The summed E-state index contributed by atoms with van der Waals surface area (Å²) in [4.78, 5) is 16.7. The third-order valence-corrected chi connectivity index (χ3v) is 3.06. The summed E-state index contributed by atoms with van der Waals surface area (Å²) in [5, 5.41) is 1.79. The molecule has 2 rings (SSSR count). The van der Waals surface area contributed by atoms with E-state index in [1.54, 1.807) is 18.2 Å². The van der Waals surface area contributed by atoms with Gasteiger partial charge in [-0.2, -0.15) is 0 Å². The van der Waals surface area contributed by atoms with Crippen molar-refractivity contribution >= 4 is 33.4 Å². The number of amides is 1. The zero-order chi connectivity index (χ0) is 12.3. The molecule has 17 heavy (non-hydrogen) atoms. The average Bonchev–Trinajstić information content (AvgIpc) is 2.81. The number of hydrogen-bond donors (Lipinski definition) is 0. The van der Waals surface area contributed by atoms with E-state index >= 15 is 0 Å². The molecule has 0 saturated carbocycles. The molecule has 1 amide bonds. The molecule has 0 N–H and O–H groups in total. The topological polar surface area (TPSA) is 38.8 Å². The molecular formula is C11H11BrClNO3. The lowest BCUT2D eigenvalue weighted by atomic mass is 10.3. The Morgan fingerprint density at radius 3 is 3.06 bits per heavy atom. The van der Waals surface area contributed by atoms with Crippen molar-refractivity contribution in [2.24, 2.45) is 0 Å². The van der Waals surface area contributed by atoms with Gasteiger partial charge in [0, 0.05) is 4.47 Å². The Hall–Kier alpha value is -0.780. The fraction of sp³-hybridized carbons (Fsp3) is 0.364. The standard InChI is InChI=1S/C11H11BrClNO3/c12-8-2-3-10(9(13)6-8)16-7-11(15)14-4-1-5-17-14/h2-3,6H,1,4-5,7H2. The summed E-state index contributed by atoms with van der Waals surface area (Å²) in [6.07, 6.45) is 0.866. The van der Waals surface area contributed by atoms with Gasteiger partial charge in [-0.05, 0) is 24.6 Å². The van der Waals surface area contributed by atoms with Crippen LogP contribution in [0.5, 0.6) is 5.75 Å². The van der Waals surface area contributed by atoms with Crippen molar-refractivity contribution in [1.82, 2.24) is 5.06 Å². The van der Waals surface area contributed by atoms with Crippen LogP contribution < -0.4 is 4.74 Å². The summed E-state index contributed by atoms with van der Waals surface area (Å²) in [6.45, 7) is 1.14. The minimum absolute atomic E-state index is 0.0681. The number of rotatable bonds is 3. The second-order valence-electron chi connectivity index (χ2n) is 3.55. The van der Waals surface area contributed by atoms with E-state index in [0.29, 0.717) is 23.9 Å². The van der Waals surface area contributed by atoms with Gasteiger partial charge in [0.1, 0.15) is 5.75 Å². The molecular weight excluding hydrogens is 309 g/mol. The first-order valence-electron chi connectivity index (χ1n) is 5.18. The molecule has 1 aliphatic heterocycles. The minimum Gasteiger partial charge on any atom is -0.482 e. The van der Waals surface area contributed by atoms with Gasteiger partial charge >= 0.3 is 0 Å². The van der Waals surface area contributed by atoms with Crippen LogP contribution in [0.15, 0.2) is 22.7 Å². The monoisotopic (exact) mass is 319 g/mol. The van der Waals surface area contributed by atoms with E-state index in [0.717, 1.165) is 10.9 Å². The highest BCUT2D eigenvalue weighted by atomic mass is 79.9. The molecule has 0 bridgehead atoms. The van der Waals surface area contributed by atoms with Crippen LogP contribution in [0.25, 0.3) is 0 Å². The van der Waals surface area contributed by atoms with Crippen LogP contribution >= 0.6 is 27.5 Å². The molecule has 0 aliphatic carbocycles. The number of benzene rings is 1. The molecule has 0 atom stereocenters. The summed E-state index contributed by atoms with van der Waals surface area (Å²) < 4.78 is 6.21. The third-order valence-electron chi connectivity index (χ3n) is 2.28. The Labute approximate surface area is 113 Å². The number of carbonyl (C=O) groups is 1. The number of hydroxylamine groups is 2. The second kappa shape index (κ2) is 5.71. The van der Waals surface area contributed by atoms with Crippen molar-refractivity contribution in [3.05, 3.63) is 27.7 Å². The van der Waals surface area contributed by atoms with E-state index in [9.17, 15) is 4.79 Å². The van der Waals surface area contributed by atoms with Crippen LogP contribution in [0, 0.1) is 0 Å². The quantitative estimate of drug-likeness (QED) is 0.859. The summed E-state index contributed by atoms with van der Waals surface area (Å²) >= 11 is 9.26. The van der Waals surface area contributed by atoms with Gasteiger partial charge < -0.3 is 4.74 Å². The molecule has 1 aromatic rings. The van der Waals surface area contributed by atoms with Crippen molar-refractivity contribution in [3.63, 3.8) is 0 Å². The molecule has 1 fully saturated rings. The molecule has 1 aromatic carbocycles. The van der Waals surface area contributed by atoms with Gasteiger partial charge in [-0.1, -0.05) is 27.5 Å². The van der Waals surface area contributed by atoms with Gasteiger partial charge in [-0.15, -0.1) is 0 Å². The van der Waals surface area contributed by atoms with E-state index in [4.69, 9.17) is 21.2 Å². The highest BCUT2D eigenvalue weighted by Crippen LogP contribution is 2.27. The van der Waals surface area contributed by atoms with Crippen molar-refractivity contribution in [3.8, 4) is 5.75 Å². The van der Waals surface area contributed by atoms with E-state index < -0.39 is 0 Å². The number of nitrogens with zero attached hydrogens (tertiary/aromatic N) is 1. The predicted molar refractivity (Wildman–Crippen MR) is 66.9 cm³/mol. The van der Waals surface area contributed by atoms with Crippen LogP contribution in [-0.4, -0.2) is 30.7 Å². The summed E-state index contributed by atoms with van der Waals surface area (Å²) in [5.41, 5.74) is 0. The maximum absolute atomic E-state index is 11.6. The van der Waals surface area contributed by atoms with Crippen LogP contribution in [-0.2, 0) is 9.63 Å². The molecule has 0 aromatic heterocycles. The minimum atomic E-state index is -0.193. The van der Waals surface area contributed by atoms with E-state index in [-0.39, 0.29) is 12.5 Å². The lowest BCUT2D eigenvalue weighted by molar-refractivity contribution is -0.170. The van der Waals surface area contributed by atoms with Crippen LogP contribution in [0.1, 0.15) is 6.42 Å². The SMILES string of the molecule is O=C(COc1ccc(Br)cc1Cl)N1CCCO1. The van der Waals surface area contributed by atoms with Crippen LogP contribution in [0.4, 0.5) is 0 Å². The predicted octanol–water partition coefficient (Wildman–Crippen LogP) is 2.65. The fourth-order valence-corrected chi connectivity index (χ4v) is 2.18. The second-order valence-corrected chi connectivity index (χ2v) is 4.87. The van der Waals surface area contributed by atoms with E-state index in [1.807, 2.05) is 0 Å². The third kappa shape index (κ3) is 3.34. The number of carbonyl (C=O) groups excluding carboxylic acids is 1. The van der Waals surface area contributed by atoms with Gasteiger partial charge in [0.05, 0.1) is 18.2 Å². The Bertz CT molecular complexity index is 421. The highest BCUT2D eigenvalue weighted by molar-refractivity contribution is 9.10. The van der Waals surface area contributed by atoms with Crippen LogP contribution in [0.2, 0.25) is 5.02 Å². The summed E-state index contributed by atoms with van der Waals surface area (Å²) in [7, 11) is 0. The zero-order valence-electron chi connectivity index (χ0n) is 8.99. The van der Waals surface area contributed by atoms with Crippen molar-refractivity contribution in [2.45, 2.75) is 6.42 Å². The normalized spacial score (nSPS) is 15.1. The molecule has 92 valence electrons. The van der Waals surface area contributed by atoms with Crippen molar-refractivity contribution < 1.29 is 14.4 Å². The first-order valence-corrected chi connectivity index (χ1v) is 6.35. The zero-order valence-corrected chi connectivity index (χ0v) is 11.3. The van der Waals surface area contributed by atoms with Crippen LogP contribution in [0.3, 0.4) is 0 Å². The number of halogens is 2. The number of ether oxygens (including phenoxy) is 1. The smallest absolute Gasteiger partial charge is 0.283 e. The molecule has 1 saturated heterocycles. The van der Waals surface area contributed by atoms with Gasteiger partial charge in [0.15, 0.2) is 6.61 Å². The molecule has 6 heteroatoms. The Balaban J connectivity index is 1.90. The largest absolute Gasteiger partial charge is 0.482 e. The van der Waals surface area contributed by atoms with Gasteiger partial charge in [0.25, 0.3) is 5.91 Å². The average molecular weight is 321 g/mol.